The van der Waals surface area contributed by atoms with Crippen LogP contribution in [-0.4, -0.2) is 5.91 Å². The summed E-state index contributed by atoms with van der Waals surface area (Å²) < 4.78 is 0. The molecule has 0 saturated heterocycles. The summed E-state index contributed by atoms with van der Waals surface area (Å²) in [6, 6.07) is 8.34. The van der Waals surface area contributed by atoms with Crippen molar-refractivity contribution in [2.24, 2.45) is 5.92 Å². The molecule has 0 atom stereocenters. The molecule has 1 saturated carbocycles. The minimum atomic E-state index is -0.152. The summed E-state index contributed by atoms with van der Waals surface area (Å²) in [6.07, 6.45) is 12.2. The lowest BCUT2D eigenvalue weighted by atomic mass is 9.77. The molecule has 0 aliphatic heterocycles. The van der Waals surface area contributed by atoms with E-state index < -0.39 is 0 Å². The van der Waals surface area contributed by atoms with Crippen LogP contribution in [0.3, 0.4) is 0 Å². The smallest absolute Gasteiger partial charge is 0.247 e. The van der Waals surface area contributed by atoms with Crippen molar-refractivity contribution < 1.29 is 4.79 Å². The number of nitrogens with one attached hydrogen (secondary N) is 1. The topological polar surface area (TPSA) is 29.1 Å². The summed E-state index contributed by atoms with van der Waals surface area (Å²) in [5.41, 5.74) is 2.27. The second kappa shape index (κ2) is 8.77. The van der Waals surface area contributed by atoms with E-state index in [0.717, 1.165) is 11.6 Å². The minimum Gasteiger partial charge on any atom is -0.323 e. The highest BCUT2D eigenvalue weighted by Gasteiger charge is 2.21. The maximum Gasteiger partial charge on any atom is 0.247 e. The van der Waals surface area contributed by atoms with Crippen LogP contribution in [0.25, 0.3) is 0 Å². The Morgan fingerprint density at radius 3 is 2.45 bits per heavy atom. The Hall–Kier alpha value is -1.57. The van der Waals surface area contributed by atoms with Crippen LogP contribution in [0.15, 0.2) is 36.9 Å². The molecule has 120 valence electrons. The van der Waals surface area contributed by atoms with E-state index in [4.69, 9.17) is 0 Å². The monoisotopic (exact) mass is 299 g/mol. The Bertz CT molecular complexity index is 469. The first-order chi connectivity index (χ1) is 10.7. The Morgan fingerprint density at radius 1 is 1.18 bits per heavy atom. The molecule has 2 nitrogen and oxygen atoms in total. The lowest BCUT2D eigenvalue weighted by molar-refractivity contribution is -0.111. The van der Waals surface area contributed by atoms with Crippen molar-refractivity contribution in [3.63, 3.8) is 0 Å². The molecule has 1 aromatic rings. The van der Waals surface area contributed by atoms with Gasteiger partial charge in [-0.15, -0.1) is 0 Å². The van der Waals surface area contributed by atoms with Gasteiger partial charge in [-0.2, -0.15) is 0 Å². The predicted molar refractivity (Wildman–Crippen MR) is 94.1 cm³/mol. The van der Waals surface area contributed by atoms with Crippen molar-refractivity contribution in [3.8, 4) is 0 Å². The average molecular weight is 299 g/mol. The van der Waals surface area contributed by atoms with Crippen molar-refractivity contribution in [1.82, 2.24) is 0 Å². The quantitative estimate of drug-likeness (QED) is 0.510. The first kappa shape index (κ1) is 16.8. The van der Waals surface area contributed by atoms with E-state index in [1.165, 1.54) is 63.0 Å². The predicted octanol–water partition coefficient (Wildman–Crippen LogP) is 5.67. The summed E-state index contributed by atoms with van der Waals surface area (Å²) in [4.78, 5) is 11.3. The molecule has 1 fully saturated rings. The van der Waals surface area contributed by atoms with E-state index in [1.54, 1.807) is 0 Å². The standard InChI is InChI=1S/C20H29NO/c1-3-5-6-7-16-8-10-17(11-9-16)18-12-14-19(15-13-18)21-20(22)4-2/h4,12-17H,2-3,5-11H2,1H3,(H,21,22). The molecule has 1 aliphatic rings. The molecular weight excluding hydrogens is 270 g/mol. The molecular formula is C20H29NO. The molecule has 2 rings (SSSR count). The van der Waals surface area contributed by atoms with Gasteiger partial charge in [0.1, 0.15) is 0 Å². The van der Waals surface area contributed by atoms with E-state index in [2.05, 4.69) is 31.0 Å². The number of carbonyl (C=O) groups excluding carboxylic acids is 1. The van der Waals surface area contributed by atoms with Crippen molar-refractivity contribution in [2.75, 3.05) is 5.32 Å². The second-order valence-corrected chi connectivity index (χ2v) is 6.53. The third-order valence-electron chi connectivity index (χ3n) is 4.90. The third kappa shape index (κ3) is 5.01. The largest absolute Gasteiger partial charge is 0.323 e. The number of hydrogen-bond acceptors (Lipinski definition) is 1. The summed E-state index contributed by atoms with van der Waals surface area (Å²) in [7, 11) is 0. The molecule has 2 heteroatoms. The molecule has 22 heavy (non-hydrogen) atoms. The van der Waals surface area contributed by atoms with Crippen molar-refractivity contribution >= 4 is 11.6 Å². The van der Waals surface area contributed by atoms with Crippen LogP contribution in [-0.2, 0) is 4.79 Å². The van der Waals surface area contributed by atoms with Crippen molar-refractivity contribution in [2.45, 2.75) is 64.2 Å². The Kier molecular flexibility index (Phi) is 6.70. The fourth-order valence-corrected chi connectivity index (χ4v) is 3.50. The van der Waals surface area contributed by atoms with Crippen LogP contribution < -0.4 is 5.32 Å². The zero-order chi connectivity index (χ0) is 15.8. The van der Waals surface area contributed by atoms with E-state index in [1.807, 2.05) is 12.1 Å². The van der Waals surface area contributed by atoms with Crippen LogP contribution >= 0.6 is 0 Å². The maximum atomic E-state index is 11.3. The van der Waals surface area contributed by atoms with Crippen LogP contribution in [0.1, 0.15) is 69.8 Å². The van der Waals surface area contributed by atoms with Crippen LogP contribution in [0.5, 0.6) is 0 Å². The van der Waals surface area contributed by atoms with Crippen LogP contribution in [0, 0.1) is 5.92 Å². The highest BCUT2D eigenvalue weighted by Crippen LogP contribution is 2.37. The first-order valence-corrected chi connectivity index (χ1v) is 8.76. The Labute approximate surface area is 135 Å². The lowest BCUT2D eigenvalue weighted by Gasteiger charge is -2.29. The summed E-state index contributed by atoms with van der Waals surface area (Å²) in [5, 5.41) is 2.80. The number of carbonyl (C=O) groups is 1. The number of benzene rings is 1. The van der Waals surface area contributed by atoms with Gasteiger partial charge in [0.15, 0.2) is 0 Å². The molecule has 0 aromatic heterocycles. The molecule has 1 aliphatic carbocycles. The molecule has 1 aromatic carbocycles. The van der Waals surface area contributed by atoms with Crippen molar-refractivity contribution in [1.29, 1.82) is 0 Å². The van der Waals surface area contributed by atoms with Gasteiger partial charge >= 0.3 is 0 Å². The van der Waals surface area contributed by atoms with E-state index in [9.17, 15) is 4.79 Å². The molecule has 1 amide bonds. The van der Waals surface area contributed by atoms with Gasteiger partial charge in [-0.05, 0) is 61.3 Å². The van der Waals surface area contributed by atoms with Gasteiger partial charge in [-0.25, -0.2) is 0 Å². The first-order valence-electron chi connectivity index (χ1n) is 8.76. The van der Waals surface area contributed by atoms with Gasteiger partial charge in [0.05, 0.1) is 0 Å². The number of amides is 1. The average Bonchev–Trinajstić information content (AvgIpc) is 2.56. The molecule has 0 bridgehead atoms. The van der Waals surface area contributed by atoms with Crippen LogP contribution in [0.2, 0.25) is 0 Å². The second-order valence-electron chi connectivity index (χ2n) is 6.53. The number of anilines is 1. The number of hydrogen-bond donors (Lipinski definition) is 1. The lowest BCUT2D eigenvalue weighted by Crippen LogP contribution is -2.13. The summed E-state index contributed by atoms with van der Waals surface area (Å²) in [6.45, 7) is 5.75. The fourth-order valence-electron chi connectivity index (χ4n) is 3.50. The highest BCUT2D eigenvalue weighted by molar-refractivity contribution is 5.98. The molecule has 0 unspecified atom stereocenters. The van der Waals surface area contributed by atoms with E-state index >= 15 is 0 Å². The fraction of sp³-hybridized carbons (Fsp3) is 0.550. The van der Waals surface area contributed by atoms with Crippen molar-refractivity contribution in [3.05, 3.63) is 42.5 Å². The minimum absolute atomic E-state index is 0.152. The van der Waals surface area contributed by atoms with Gasteiger partial charge < -0.3 is 5.32 Å². The molecule has 0 radical (unpaired) electrons. The van der Waals surface area contributed by atoms with Gasteiger partial charge in [0.2, 0.25) is 5.91 Å². The number of unbranched alkanes of at least 4 members (excludes halogenated alkanes) is 2. The van der Waals surface area contributed by atoms with E-state index in [0.29, 0.717) is 5.92 Å². The molecule has 0 heterocycles. The SMILES string of the molecule is C=CC(=O)Nc1ccc(C2CCC(CCCCC)CC2)cc1. The molecule has 1 N–H and O–H groups in total. The maximum absolute atomic E-state index is 11.3. The number of rotatable bonds is 7. The summed E-state index contributed by atoms with van der Waals surface area (Å²) in [5.74, 6) is 1.50. The van der Waals surface area contributed by atoms with E-state index in [-0.39, 0.29) is 5.91 Å². The normalized spacial score (nSPS) is 21.3. The Balaban J connectivity index is 1.81. The van der Waals surface area contributed by atoms with Gasteiger partial charge in [-0.1, -0.05) is 51.3 Å². The summed E-state index contributed by atoms with van der Waals surface area (Å²) >= 11 is 0. The van der Waals surface area contributed by atoms with Gasteiger partial charge in [-0.3, -0.25) is 4.79 Å². The van der Waals surface area contributed by atoms with Gasteiger partial charge in [0, 0.05) is 5.69 Å². The zero-order valence-corrected chi connectivity index (χ0v) is 13.8. The molecule has 0 spiro atoms. The zero-order valence-electron chi connectivity index (χ0n) is 13.8. The Morgan fingerprint density at radius 2 is 1.86 bits per heavy atom. The van der Waals surface area contributed by atoms with Crippen LogP contribution in [0.4, 0.5) is 5.69 Å². The third-order valence-corrected chi connectivity index (χ3v) is 4.90. The highest BCUT2D eigenvalue weighted by atomic mass is 16.1. The van der Waals surface area contributed by atoms with Gasteiger partial charge in [0.25, 0.3) is 0 Å².